The third-order valence-electron chi connectivity index (χ3n) is 2.38. The van der Waals surface area contributed by atoms with E-state index in [0.29, 0.717) is 5.82 Å². The monoisotopic (exact) mass is 207 g/mol. The van der Waals surface area contributed by atoms with Gasteiger partial charge < -0.3 is 0 Å². The lowest BCUT2D eigenvalue weighted by molar-refractivity contribution is 1.18. The molecule has 0 radical (unpaired) electrons. The predicted octanol–water partition coefficient (Wildman–Crippen LogP) is 2.69. The van der Waals surface area contributed by atoms with Gasteiger partial charge in [-0.1, -0.05) is 24.3 Å². The van der Waals surface area contributed by atoms with E-state index in [0.717, 1.165) is 16.6 Å². The molecule has 0 aliphatic carbocycles. The number of hydrogen-bond donors (Lipinski definition) is 0. The summed E-state index contributed by atoms with van der Waals surface area (Å²) in [6, 6.07) is 13.6. The molecule has 0 N–H and O–H groups in total. The number of para-hydroxylation sites is 1. The summed E-state index contributed by atoms with van der Waals surface area (Å²) in [6.07, 6.45) is 3.57. The van der Waals surface area contributed by atoms with Gasteiger partial charge in [0.2, 0.25) is 0 Å². The number of nitrogens with zero attached hydrogens (tertiary/aromatic N) is 3. The molecule has 0 aliphatic heterocycles. The van der Waals surface area contributed by atoms with Crippen molar-refractivity contribution >= 4 is 10.9 Å². The number of pyridine rings is 1. The van der Waals surface area contributed by atoms with E-state index in [4.69, 9.17) is 0 Å². The molecule has 3 rings (SSSR count). The second-order valence-electron chi connectivity index (χ2n) is 3.47. The normalized spacial score (nSPS) is 10.5. The second-order valence-corrected chi connectivity index (χ2v) is 3.47. The van der Waals surface area contributed by atoms with Crippen LogP contribution < -0.4 is 0 Å². The summed E-state index contributed by atoms with van der Waals surface area (Å²) in [4.78, 5) is 13.0. The van der Waals surface area contributed by atoms with Gasteiger partial charge in [-0.05, 0) is 18.2 Å². The minimum atomic E-state index is 0.666. The maximum Gasteiger partial charge on any atom is 0.178 e. The van der Waals surface area contributed by atoms with Crippen LogP contribution in [-0.4, -0.2) is 15.0 Å². The first-order valence-corrected chi connectivity index (χ1v) is 5.07. The molecule has 0 amide bonds. The summed E-state index contributed by atoms with van der Waals surface area (Å²) < 4.78 is 0. The van der Waals surface area contributed by atoms with Crippen LogP contribution in [0.1, 0.15) is 0 Å². The molecular weight excluding hydrogens is 198 g/mol. The van der Waals surface area contributed by atoms with Crippen LogP contribution in [0.2, 0.25) is 0 Å². The van der Waals surface area contributed by atoms with Gasteiger partial charge in [0.15, 0.2) is 5.82 Å². The van der Waals surface area contributed by atoms with Crippen molar-refractivity contribution in [1.82, 2.24) is 15.0 Å². The molecule has 0 atom stereocenters. The maximum atomic E-state index is 4.47. The molecule has 0 unspecified atom stereocenters. The average Bonchev–Trinajstić information content (AvgIpc) is 2.39. The number of fused-ring (bicyclic) bond motifs is 1. The highest BCUT2D eigenvalue weighted by molar-refractivity contribution is 5.78. The van der Waals surface area contributed by atoms with E-state index < -0.39 is 0 Å². The summed E-state index contributed by atoms with van der Waals surface area (Å²) in [7, 11) is 0. The van der Waals surface area contributed by atoms with Gasteiger partial charge in [-0.15, -0.1) is 0 Å². The second kappa shape index (κ2) is 3.70. The van der Waals surface area contributed by atoms with Gasteiger partial charge in [0.25, 0.3) is 0 Å². The number of rotatable bonds is 1. The Bertz CT molecular complexity index is 620. The van der Waals surface area contributed by atoms with Gasteiger partial charge in [-0.2, -0.15) is 0 Å². The fraction of sp³-hybridized carbons (Fsp3) is 0. The van der Waals surface area contributed by atoms with Gasteiger partial charge in [-0.25, -0.2) is 9.97 Å². The van der Waals surface area contributed by atoms with Crippen molar-refractivity contribution in [2.75, 3.05) is 0 Å². The highest BCUT2D eigenvalue weighted by atomic mass is 14.9. The van der Waals surface area contributed by atoms with E-state index in [2.05, 4.69) is 15.0 Å². The van der Waals surface area contributed by atoms with Crippen LogP contribution in [0.3, 0.4) is 0 Å². The van der Waals surface area contributed by atoms with E-state index in [1.165, 1.54) is 0 Å². The molecule has 16 heavy (non-hydrogen) atoms. The van der Waals surface area contributed by atoms with E-state index in [-0.39, 0.29) is 0 Å². The van der Waals surface area contributed by atoms with Crippen LogP contribution >= 0.6 is 0 Å². The summed E-state index contributed by atoms with van der Waals surface area (Å²) >= 11 is 0. The Morgan fingerprint density at radius 2 is 1.69 bits per heavy atom. The Balaban J connectivity index is 2.19. The van der Waals surface area contributed by atoms with Crippen molar-refractivity contribution in [3.05, 3.63) is 54.9 Å². The Kier molecular flexibility index (Phi) is 2.07. The fourth-order valence-corrected chi connectivity index (χ4v) is 1.59. The largest absolute Gasteiger partial charge is 0.253 e. The minimum Gasteiger partial charge on any atom is -0.253 e. The summed E-state index contributed by atoms with van der Waals surface area (Å²) in [5.74, 6) is 0.666. The number of aromatic nitrogens is 3. The Labute approximate surface area is 92.8 Å². The third kappa shape index (κ3) is 1.52. The molecule has 0 aliphatic rings. The Morgan fingerprint density at radius 1 is 0.812 bits per heavy atom. The summed E-state index contributed by atoms with van der Waals surface area (Å²) in [5.41, 5.74) is 1.74. The van der Waals surface area contributed by atoms with Crippen LogP contribution in [-0.2, 0) is 0 Å². The molecule has 2 heterocycles. The predicted molar refractivity (Wildman–Crippen MR) is 62.8 cm³/mol. The molecular formula is C13H9N3. The van der Waals surface area contributed by atoms with Crippen LogP contribution in [0, 0.1) is 0 Å². The quantitative estimate of drug-likeness (QED) is 0.615. The first kappa shape index (κ1) is 8.97. The molecule has 0 saturated carbocycles. The van der Waals surface area contributed by atoms with E-state index in [9.17, 15) is 0 Å². The van der Waals surface area contributed by atoms with Crippen LogP contribution in [0.5, 0.6) is 0 Å². The van der Waals surface area contributed by atoms with Crippen LogP contribution in [0.15, 0.2) is 54.9 Å². The number of benzene rings is 1. The first-order valence-electron chi connectivity index (χ1n) is 5.07. The van der Waals surface area contributed by atoms with Crippen molar-refractivity contribution in [3.63, 3.8) is 0 Å². The van der Waals surface area contributed by atoms with E-state index in [1.807, 2.05) is 48.7 Å². The van der Waals surface area contributed by atoms with Gasteiger partial charge in [-0.3, -0.25) is 4.98 Å². The zero-order chi connectivity index (χ0) is 10.8. The lowest BCUT2D eigenvalue weighted by atomic mass is 10.2. The SMILES string of the molecule is c1ccc(-c2ncc3ccccc3n2)nc1. The molecule has 3 nitrogen and oxygen atoms in total. The lowest BCUT2D eigenvalue weighted by Gasteiger charge is -2.00. The Morgan fingerprint density at radius 3 is 2.56 bits per heavy atom. The van der Waals surface area contributed by atoms with E-state index in [1.54, 1.807) is 6.20 Å². The molecule has 0 spiro atoms. The molecule has 2 aromatic heterocycles. The molecule has 0 bridgehead atoms. The molecule has 1 aromatic carbocycles. The lowest BCUT2D eigenvalue weighted by Crippen LogP contribution is -1.91. The molecule has 3 heteroatoms. The van der Waals surface area contributed by atoms with Gasteiger partial charge in [0.05, 0.1) is 5.52 Å². The van der Waals surface area contributed by atoms with Crippen molar-refractivity contribution in [1.29, 1.82) is 0 Å². The van der Waals surface area contributed by atoms with Crippen molar-refractivity contribution < 1.29 is 0 Å². The van der Waals surface area contributed by atoms with E-state index >= 15 is 0 Å². The highest BCUT2D eigenvalue weighted by Gasteiger charge is 2.02. The summed E-state index contributed by atoms with van der Waals surface area (Å²) in [6.45, 7) is 0. The van der Waals surface area contributed by atoms with Gasteiger partial charge >= 0.3 is 0 Å². The molecule has 0 saturated heterocycles. The zero-order valence-electron chi connectivity index (χ0n) is 8.54. The minimum absolute atomic E-state index is 0.666. The van der Waals surface area contributed by atoms with Gasteiger partial charge in [0, 0.05) is 17.8 Å². The summed E-state index contributed by atoms with van der Waals surface area (Å²) in [5, 5.41) is 1.04. The van der Waals surface area contributed by atoms with Crippen LogP contribution in [0.25, 0.3) is 22.4 Å². The van der Waals surface area contributed by atoms with Crippen molar-refractivity contribution in [2.24, 2.45) is 0 Å². The number of hydrogen-bond acceptors (Lipinski definition) is 3. The maximum absolute atomic E-state index is 4.47. The van der Waals surface area contributed by atoms with Crippen molar-refractivity contribution in [2.45, 2.75) is 0 Å². The zero-order valence-corrected chi connectivity index (χ0v) is 8.54. The van der Waals surface area contributed by atoms with Crippen molar-refractivity contribution in [3.8, 4) is 11.5 Å². The van der Waals surface area contributed by atoms with Crippen LogP contribution in [0.4, 0.5) is 0 Å². The molecule has 76 valence electrons. The average molecular weight is 207 g/mol. The fourth-order valence-electron chi connectivity index (χ4n) is 1.59. The third-order valence-corrected chi connectivity index (χ3v) is 2.38. The first-order chi connectivity index (χ1) is 7.93. The molecule has 3 aromatic rings. The topological polar surface area (TPSA) is 38.7 Å². The van der Waals surface area contributed by atoms with Gasteiger partial charge in [0.1, 0.15) is 5.69 Å². The molecule has 0 fully saturated rings. The Hall–Kier alpha value is -2.29. The standard InChI is InChI=1S/C13H9N3/c1-2-6-11-10(5-1)9-15-13(16-11)12-7-3-4-8-14-12/h1-9H. The highest BCUT2D eigenvalue weighted by Crippen LogP contribution is 2.15. The smallest absolute Gasteiger partial charge is 0.178 e.